The molecule has 3 heteroatoms. The van der Waals surface area contributed by atoms with E-state index in [1.807, 2.05) is 0 Å². The van der Waals surface area contributed by atoms with Gasteiger partial charge in [0.15, 0.2) is 0 Å². The van der Waals surface area contributed by atoms with E-state index >= 15 is 0 Å². The van der Waals surface area contributed by atoms with E-state index in [9.17, 15) is 0 Å². The van der Waals surface area contributed by atoms with Crippen LogP contribution in [0.3, 0.4) is 0 Å². The number of aromatic amines is 1. The van der Waals surface area contributed by atoms with E-state index in [0.29, 0.717) is 6.04 Å². The van der Waals surface area contributed by atoms with Crippen LogP contribution in [0.25, 0.3) is 10.9 Å². The van der Waals surface area contributed by atoms with Crippen molar-refractivity contribution in [3.63, 3.8) is 0 Å². The fourth-order valence-corrected chi connectivity index (χ4v) is 4.79. The number of nitrogens with zero attached hydrogens (tertiary/aromatic N) is 2. The largest absolute Gasteiger partial charge is 0.357 e. The van der Waals surface area contributed by atoms with E-state index < -0.39 is 0 Å². The quantitative estimate of drug-likeness (QED) is 0.762. The van der Waals surface area contributed by atoms with Gasteiger partial charge in [-0.2, -0.15) is 0 Å². The van der Waals surface area contributed by atoms with Gasteiger partial charge in [-0.1, -0.05) is 48.5 Å². The third kappa shape index (κ3) is 2.34. The Balaban J connectivity index is 1.46. The molecule has 1 saturated heterocycles. The number of benzene rings is 2. The lowest BCUT2D eigenvalue weighted by molar-refractivity contribution is 0.0211. The van der Waals surface area contributed by atoms with Crippen molar-refractivity contribution in [2.45, 2.75) is 45.1 Å². The molecule has 0 saturated carbocycles. The van der Waals surface area contributed by atoms with Crippen LogP contribution in [-0.4, -0.2) is 33.0 Å². The van der Waals surface area contributed by atoms with Crippen LogP contribution in [0.4, 0.5) is 0 Å². The molecule has 1 N–H and O–H groups in total. The molecule has 128 valence electrons. The molecule has 2 aromatic carbocycles. The lowest BCUT2D eigenvalue weighted by Gasteiger charge is -2.41. The molecule has 3 heterocycles. The summed E-state index contributed by atoms with van der Waals surface area (Å²) in [6, 6.07) is 20.2. The summed E-state index contributed by atoms with van der Waals surface area (Å²) in [5, 5.41) is 1.41. The zero-order valence-electron chi connectivity index (χ0n) is 15.0. The summed E-state index contributed by atoms with van der Waals surface area (Å²) in [4.78, 5) is 9.00. The maximum absolute atomic E-state index is 3.67. The van der Waals surface area contributed by atoms with Crippen LogP contribution < -0.4 is 0 Å². The normalized spacial score (nSPS) is 22.9. The molecular weight excluding hydrogens is 306 g/mol. The van der Waals surface area contributed by atoms with Crippen molar-refractivity contribution in [2.75, 3.05) is 6.54 Å². The van der Waals surface area contributed by atoms with E-state index in [2.05, 4.69) is 83.2 Å². The fourth-order valence-electron chi connectivity index (χ4n) is 4.79. The number of nitrogens with one attached hydrogen (secondary N) is 1. The molecule has 0 spiro atoms. The highest BCUT2D eigenvalue weighted by Gasteiger charge is 2.47. The maximum Gasteiger partial charge on any atom is 0.0689 e. The van der Waals surface area contributed by atoms with E-state index in [0.717, 1.165) is 26.1 Å². The molecule has 0 bridgehead atoms. The van der Waals surface area contributed by atoms with E-state index in [1.54, 1.807) is 0 Å². The first-order valence-electron chi connectivity index (χ1n) is 9.27. The van der Waals surface area contributed by atoms with Gasteiger partial charge >= 0.3 is 0 Å². The highest BCUT2D eigenvalue weighted by atomic mass is 15.5. The smallest absolute Gasteiger partial charge is 0.0689 e. The summed E-state index contributed by atoms with van der Waals surface area (Å²) < 4.78 is 0. The van der Waals surface area contributed by atoms with Gasteiger partial charge in [0.05, 0.1) is 5.66 Å². The monoisotopic (exact) mass is 331 g/mol. The average Bonchev–Trinajstić information content (AvgIpc) is 3.09. The second-order valence-electron chi connectivity index (χ2n) is 7.97. The number of H-pyrrole nitrogens is 1. The SMILES string of the molecule is CC1(C)N(Cc2ccccc2)CC2Cc3c([nH]c4ccccc34)CN21. The molecule has 3 nitrogen and oxygen atoms in total. The minimum Gasteiger partial charge on any atom is -0.357 e. The standard InChI is InChI=1S/C22H25N3/c1-22(2)24(13-16-8-4-3-5-9-16)14-17-12-19-18-10-6-7-11-20(18)23-21(19)15-25(17)22/h3-11,17,23H,12-15H2,1-2H3. The molecule has 0 amide bonds. The predicted molar refractivity (Wildman–Crippen MR) is 102 cm³/mol. The van der Waals surface area contributed by atoms with E-state index in [1.165, 1.54) is 27.7 Å². The lowest BCUT2D eigenvalue weighted by Crippen LogP contribution is -2.50. The van der Waals surface area contributed by atoms with Crippen LogP contribution in [0, 0.1) is 0 Å². The van der Waals surface area contributed by atoms with Crippen LogP contribution in [0.5, 0.6) is 0 Å². The molecule has 25 heavy (non-hydrogen) atoms. The second kappa shape index (κ2) is 5.45. The van der Waals surface area contributed by atoms with Crippen molar-refractivity contribution >= 4 is 10.9 Å². The molecule has 0 radical (unpaired) electrons. The molecule has 1 aromatic heterocycles. The van der Waals surface area contributed by atoms with Crippen LogP contribution in [0.1, 0.15) is 30.7 Å². The third-order valence-corrected chi connectivity index (χ3v) is 6.24. The Bertz CT molecular complexity index is 909. The molecule has 2 aliphatic rings. The van der Waals surface area contributed by atoms with Gasteiger partial charge in [-0.15, -0.1) is 0 Å². The van der Waals surface area contributed by atoms with Crippen LogP contribution in [-0.2, 0) is 19.5 Å². The number of rotatable bonds is 2. The first kappa shape index (κ1) is 15.2. The van der Waals surface area contributed by atoms with Gasteiger partial charge < -0.3 is 4.98 Å². The van der Waals surface area contributed by atoms with Crippen molar-refractivity contribution < 1.29 is 0 Å². The summed E-state index contributed by atoms with van der Waals surface area (Å²) in [5.74, 6) is 0. The highest BCUT2D eigenvalue weighted by molar-refractivity contribution is 5.85. The number of fused-ring (bicyclic) bond motifs is 4. The minimum atomic E-state index is 0.0789. The van der Waals surface area contributed by atoms with E-state index in [-0.39, 0.29) is 5.66 Å². The van der Waals surface area contributed by atoms with Crippen molar-refractivity contribution in [3.8, 4) is 0 Å². The Kier molecular flexibility index (Phi) is 3.31. The first-order valence-corrected chi connectivity index (χ1v) is 9.27. The van der Waals surface area contributed by atoms with E-state index in [4.69, 9.17) is 0 Å². The van der Waals surface area contributed by atoms with Crippen molar-refractivity contribution in [3.05, 3.63) is 71.4 Å². The van der Waals surface area contributed by atoms with Crippen molar-refractivity contribution in [1.82, 2.24) is 14.8 Å². The molecular formula is C22H25N3. The van der Waals surface area contributed by atoms with Crippen LogP contribution in [0.15, 0.2) is 54.6 Å². The van der Waals surface area contributed by atoms with Gasteiger partial charge in [0.2, 0.25) is 0 Å². The number of para-hydroxylation sites is 1. The van der Waals surface area contributed by atoms with Gasteiger partial charge in [-0.25, -0.2) is 0 Å². The molecule has 1 unspecified atom stereocenters. The summed E-state index contributed by atoms with van der Waals surface area (Å²) in [6.07, 6.45) is 1.15. The maximum atomic E-state index is 3.67. The van der Waals surface area contributed by atoms with Crippen LogP contribution in [0.2, 0.25) is 0 Å². The lowest BCUT2D eigenvalue weighted by atomic mass is 9.96. The Morgan fingerprint density at radius 2 is 1.80 bits per heavy atom. The second-order valence-corrected chi connectivity index (χ2v) is 7.97. The topological polar surface area (TPSA) is 22.3 Å². The fraction of sp³-hybridized carbons (Fsp3) is 0.364. The zero-order valence-corrected chi connectivity index (χ0v) is 15.0. The molecule has 0 aliphatic carbocycles. The highest BCUT2D eigenvalue weighted by Crippen LogP contribution is 2.40. The summed E-state index contributed by atoms with van der Waals surface area (Å²) in [5.41, 5.74) is 5.71. The molecule has 5 rings (SSSR count). The van der Waals surface area contributed by atoms with Gasteiger partial charge in [-0.3, -0.25) is 9.80 Å². The Morgan fingerprint density at radius 3 is 2.64 bits per heavy atom. The number of hydrogen-bond donors (Lipinski definition) is 1. The van der Waals surface area contributed by atoms with Crippen LogP contribution >= 0.6 is 0 Å². The number of hydrogen-bond acceptors (Lipinski definition) is 2. The van der Waals surface area contributed by atoms with Gasteiger partial charge in [-0.05, 0) is 37.5 Å². The molecule has 2 aliphatic heterocycles. The molecule has 3 aromatic rings. The average molecular weight is 331 g/mol. The first-order chi connectivity index (χ1) is 12.1. The predicted octanol–water partition coefficient (Wildman–Crippen LogP) is 4.15. The molecule has 1 fully saturated rings. The van der Waals surface area contributed by atoms with Crippen molar-refractivity contribution in [1.29, 1.82) is 0 Å². The Morgan fingerprint density at radius 1 is 1.04 bits per heavy atom. The number of aromatic nitrogens is 1. The Labute approximate surface area is 149 Å². The summed E-state index contributed by atoms with van der Waals surface area (Å²) >= 11 is 0. The minimum absolute atomic E-state index is 0.0789. The molecule has 1 atom stereocenters. The van der Waals surface area contributed by atoms with Gasteiger partial charge in [0, 0.05) is 42.3 Å². The van der Waals surface area contributed by atoms with Gasteiger partial charge in [0.25, 0.3) is 0 Å². The summed E-state index contributed by atoms with van der Waals surface area (Å²) in [6.45, 7) is 7.94. The van der Waals surface area contributed by atoms with Crippen molar-refractivity contribution in [2.24, 2.45) is 0 Å². The summed E-state index contributed by atoms with van der Waals surface area (Å²) in [7, 11) is 0. The Hall–Kier alpha value is -2.10. The van der Waals surface area contributed by atoms with Gasteiger partial charge in [0.1, 0.15) is 0 Å². The zero-order chi connectivity index (χ0) is 17.0. The third-order valence-electron chi connectivity index (χ3n) is 6.24.